The van der Waals surface area contributed by atoms with Crippen molar-refractivity contribution >= 4 is 22.9 Å². The molecule has 160 valence electrons. The summed E-state index contributed by atoms with van der Waals surface area (Å²) in [5, 5.41) is 15.9. The van der Waals surface area contributed by atoms with Gasteiger partial charge in [0.05, 0.1) is 23.7 Å². The fourth-order valence-electron chi connectivity index (χ4n) is 3.21. The lowest BCUT2D eigenvalue weighted by Gasteiger charge is -2.11. The van der Waals surface area contributed by atoms with E-state index in [1.54, 1.807) is 23.5 Å². The number of hydrogen-bond acceptors (Lipinski definition) is 6. The molecule has 0 saturated carbocycles. The Labute approximate surface area is 190 Å². The highest BCUT2D eigenvalue weighted by Crippen LogP contribution is 2.25. The van der Waals surface area contributed by atoms with Crippen molar-refractivity contribution in [3.8, 4) is 23.3 Å². The van der Waals surface area contributed by atoms with Gasteiger partial charge in [-0.25, -0.2) is 4.98 Å². The van der Waals surface area contributed by atoms with E-state index in [-0.39, 0.29) is 12.3 Å². The van der Waals surface area contributed by atoms with Crippen LogP contribution in [0.25, 0.3) is 11.5 Å². The minimum Gasteiger partial charge on any atom is -0.489 e. The van der Waals surface area contributed by atoms with Gasteiger partial charge < -0.3 is 14.5 Å². The second-order valence-corrected chi connectivity index (χ2v) is 8.12. The molecule has 0 aliphatic heterocycles. The number of ether oxygens (including phenoxy) is 1. The van der Waals surface area contributed by atoms with Gasteiger partial charge >= 0.3 is 0 Å². The maximum Gasteiger partial charge on any atom is 0.230 e. The monoisotopic (exact) mass is 443 g/mol. The van der Waals surface area contributed by atoms with Gasteiger partial charge in [0.2, 0.25) is 11.8 Å². The molecule has 2 heterocycles. The van der Waals surface area contributed by atoms with Crippen molar-refractivity contribution in [1.29, 1.82) is 5.26 Å². The summed E-state index contributed by atoms with van der Waals surface area (Å²) in [6, 6.07) is 16.9. The van der Waals surface area contributed by atoms with E-state index in [1.807, 2.05) is 61.0 Å². The summed E-state index contributed by atoms with van der Waals surface area (Å²) in [5.41, 5.74) is 4.66. The minimum atomic E-state index is -0.164. The number of amides is 1. The third kappa shape index (κ3) is 5.05. The van der Waals surface area contributed by atoms with E-state index >= 15 is 0 Å². The molecule has 0 fully saturated rings. The molecule has 0 aliphatic rings. The first-order valence-electron chi connectivity index (χ1n) is 10.0. The summed E-state index contributed by atoms with van der Waals surface area (Å²) >= 11 is 1.57. The number of benzene rings is 2. The quantitative estimate of drug-likeness (QED) is 0.399. The first-order valence-corrected chi connectivity index (χ1v) is 11.0. The maximum atomic E-state index is 12.6. The van der Waals surface area contributed by atoms with Crippen molar-refractivity contribution in [2.45, 2.75) is 26.9 Å². The molecule has 0 bridgehead atoms. The number of nitrogens with one attached hydrogen (secondary N) is 1. The first-order chi connectivity index (χ1) is 15.5. The first kappa shape index (κ1) is 21.3. The van der Waals surface area contributed by atoms with Crippen molar-refractivity contribution in [2.75, 3.05) is 5.32 Å². The maximum absolute atomic E-state index is 12.6. The molecule has 2 aromatic heterocycles. The van der Waals surface area contributed by atoms with Crippen molar-refractivity contribution in [1.82, 2.24) is 4.98 Å². The number of aryl methyl sites for hydroxylation is 2. The Morgan fingerprint density at radius 1 is 1.22 bits per heavy atom. The number of nitrogens with zero attached hydrogens (tertiary/aromatic N) is 2. The van der Waals surface area contributed by atoms with Gasteiger partial charge in [0.15, 0.2) is 0 Å². The second kappa shape index (κ2) is 9.50. The molecule has 2 aromatic carbocycles. The molecule has 4 aromatic rings. The van der Waals surface area contributed by atoms with Crippen LogP contribution in [0.15, 0.2) is 63.7 Å². The lowest BCUT2D eigenvalue weighted by atomic mass is 10.1. The molecule has 0 saturated heterocycles. The summed E-state index contributed by atoms with van der Waals surface area (Å²) < 4.78 is 11.5. The molecular weight excluding hydrogens is 422 g/mol. The van der Waals surface area contributed by atoms with Gasteiger partial charge in [-0.1, -0.05) is 12.1 Å². The number of oxazole rings is 1. The van der Waals surface area contributed by atoms with Gasteiger partial charge in [-0.2, -0.15) is 16.6 Å². The second-order valence-electron chi connectivity index (χ2n) is 7.34. The molecule has 0 unspecified atom stereocenters. The largest absolute Gasteiger partial charge is 0.489 e. The van der Waals surface area contributed by atoms with E-state index in [1.165, 1.54) is 0 Å². The van der Waals surface area contributed by atoms with Crippen LogP contribution in [0.2, 0.25) is 0 Å². The number of carbonyl (C=O) groups is 1. The zero-order chi connectivity index (χ0) is 22.5. The molecule has 6 nitrogen and oxygen atoms in total. The molecule has 0 radical (unpaired) electrons. The summed E-state index contributed by atoms with van der Waals surface area (Å²) in [6.45, 7) is 4.09. The molecular formula is C25H21N3O3S. The molecule has 1 N–H and O–H groups in total. The van der Waals surface area contributed by atoms with Crippen LogP contribution in [-0.2, 0) is 17.8 Å². The Bertz CT molecular complexity index is 1290. The zero-order valence-corrected chi connectivity index (χ0v) is 18.5. The zero-order valence-electron chi connectivity index (χ0n) is 17.7. The van der Waals surface area contributed by atoms with Gasteiger partial charge in [0.1, 0.15) is 18.1 Å². The van der Waals surface area contributed by atoms with Gasteiger partial charge in [0, 0.05) is 16.6 Å². The van der Waals surface area contributed by atoms with Crippen molar-refractivity contribution < 1.29 is 13.9 Å². The van der Waals surface area contributed by atoms with E-state index in [2.05, 4.69) is 16.4 Å². The molecule has 1 amide bonds. The number of rotatable bonds is 7. The summed E-state index contributed by atoms with van der Waals surface area (Å²) in [6.07, 6.45) is 0.131. The number of hydrogen-bond donors (Lipinski definition) is 1. The van der Waals surface area contributed by atoms with Crippen LogP contribution in [-0.4, -0.2) is 10.9 Å². The fraction of sp³-hybridized carbons (Fsp3) is 0.160. The van der Waals surface area contributed by atoms with Gasteiger partial charge in [0.25, 0.3) is 0 Å². The van der Waals surface area contributed by atoms with Gasteiger partial charge in [-0.3, -0.25) is 4.79 Å². The van der Waals surface area contributed by atoms with E-state index in [0.29, 0.717) is 41.0 Å². The Morgan fingerprint density at radius 3 is 2.84 bits per heavy atom. The van der Waals surface area contributed by atoms with Crippen LogP contribution in [0.1, 0.15) is 28.1 Å². The average molecular weight is 444 g/mol. The Hall–Kier alpha value is -3.89. The number of nitriles is 1. The van der Waals surface area contributed by atoms with Crippen molar-refractivity contribution in [2.24, 2.45) is 0 Å². The predicted molar refractivity (Wildman–Crippen MR) is 124 cm³/mol. The third-order valence-electron chi connectivity index (χ3n) is 4.92. The van der Waals surface area contributed by atoms with E-state index in [0.717, 1.165) is 16.7 Å². The van der Waals surface area contributed by atoms with Crippen LogP contribution >= 0.6 is 11.3 Å². The topological polar surface area (TPSA) is 88.1 Å². The Morgan fingerprint density at radius 2 is 2.09 bits per heavy atom. The number of carbonyl (C=O) groups excluding carboxylic acids is 1. The molecule has 0 atom stereocenters. The molecule has 0 aliphatic carbocycles. The van der Waals surface area contributed by atoms with Gasteiger partial charge in [-0.15, -0.1) is 0 Å². The highest BCUT2D eigenvalue weighted by Gasteiger charge is 2.15. The van der Waals surface area contributed by atoms with Crippen LogP contribution in [0.3, 0.4) is 0 Å². The van der Waals surface area contributed by atoms with Crippen LogP contribution in [0.4, 0.5) is 5.69 Å². The Kier molecular flexibility index (Phi) is 6.34. The molecule has 32 heavy (non-hydrogen) atoms. The highest BCUT2D eigenvalue weighted by molar-refractivity contribution is 7.08. The van der Waals surface area contributed by atoms with Gasteiger partial charge in [-0.05, 0) is 66.8 Å². The Balaban J connectivity index is 1.37. The number of aromatic nitrogens is 1. The van der Waals surface area contributed by atoms with Crippen LogP contribution in [0.5, 0.6) is 5.75 Å². The summed E-state index contributed by atoms with van der Waals surface area (Å²) in [7, 11) is 0. The minimum absolute atomic E-state index is 0.131. The lowest BCUT2D eigenvalue weighted by Crippen LogP contribution is -2.16. The molecule has 7 heteroatoms. The highest BCUT2D eigenvalue weighted by atomic mass is 32.1. The molecule has 4 rings (SSSR count). The third-order valence-corrected chi connectivity index (χ3v) is 5.61. The SMILES string of the molecule is Cc1cc(OCc2cccc(C#N)c2)ccc1NC(=O)Cc1nc(-c2ccsc2)oc1C. The number of anilines is 1. The number of thiophene rings is 1. The lowest BCUT2D eigenvalue weighted by molar-refractivity contribution is -0.115. The molecule has 0 spiro atoms. The standard InChI is InChI=1S/C25H21N3O3S/c1-16-10-21(30-14-19-5-3-4-18(11-19)13-26)6-7-22(16)27-24(29)12-23-17(2)31-25(28-23)20-8-9-32-15-20/h3-11,15H,12,14H2,1-2H3,(H,27,29). The van der Waals surface area contributed by atoms with E-state index < -0.39 is 0 Å². The van der Waals surface area contributed by atoms with Crippen LogP contribution in [0, 0.1) is 25.2 Å². The smallest absolute Gasteiger partial charge is 0.230 e. The predicted octanol–water partition coefficient (Wildman–Crippen LogP) is 5.65. The van der Waals surface area contributed by atoms with Crippen molar-refractivity contribution in [3.63, 3.8) is 0 Å². The fourth-order valence-corrected chi connectivity index (χ4v) is 3.84. The van der Waals surface area contributed by atoms with E-state index in [4.69, 9.17) is 14.4 Å². The average Bonchev–Trinajstić information content (AvgIpc) is 3.44. The normalized spacial score (nSPS) is 10.5. The summed E-state index contributed by atoms with van der Waals surface area (Å²) in [5.74, 6) is 1.70. The van der Waals surface area contributed by atoms with Crippen LogP contribution < -0.4 is 10.1 Å². The van der Waals surface area contributed by atoms with Crippen molar-refractivity contribution in [3.05, 3.63) is 87.4 Å². The summed E-state index contributed by atoms with van der Waals surface area (Å²) in [4.78, 5) is 17.1. The van der Waals surface area contributed by atoms with E-state index in [9.17, 15) is 4.79 Å².